The molecule has 1 amide bonds. The summed E-state index contributed by atoms with van der Waals surface area (Å²) in [5.41, 5.74) is 1.58. The van der Waals surface area contributed by atoms with Crippen molar-refractivity contribution in [3.8, 4) is 28.2 Å². The Morgan fingerprint density at radius 1 is 0.861 bits per heavy atom. The monoisotopic (exact) mass is 495 g/mol. The van der Waals surface area contributed by atoms with Gasteiger partial charge in [-0.1, -0.05) is 24.3 Å². The zero-order valence-corrected chi connectivity index (χ0v) is 19.8. The number of carbonyl (C=O) groups is 1. The number of para-hydroxylation sites is 1. The minimum atomic E-state index is -4.59. The van der Waals surface area contributed by atoms with Crippen molar-refractivity contribution in [2.24, 2.45) is 0 Å². The molecule has 4 aromatic rings. The van der Waals surface area contributed by atoms with E-state index in [9.17, 15) is 22.4 Å². The first-order chi connectivity index (χ1) is 17.1. The molecule has 1 aromatic heterocycles. The second-order valence-electron chi connectivity index (χ2n) is 8.60. The largest absolute Gasteiger partial charge is 0.418 e. The molecular weight excluding hydrogens is 470 g/mol. The van der Waals surface area contributed by atoms with E-state index in [0.29, 0.717) is 41.2 Å². The van der Waals surface area contributed by atoms with Crippen LogP contribution in [-0.4, -0.2) is 42.6 Å². The third-order valence-electron chi connectivity index (χ3n) is 5.74. The molecule has 0 unspecified atom stereocenters. The smallest absolute Gasteiger partial charge is 0.351 e. The number of halogens is 4. The third kappa shape index (κ3) is 5.49. The number of carbonyl (C=O) groups excluding carboxylic acids is 1. The first-order valence-corrected chi connectivity index (χ1v) is 11.3. The fraction of sp³-hybridized carbons (Fsp3) is 0.179. The van der Waals surface area contributed by atoms with E-state index in [2.05, 4.69) is 5.32 Å². The standard InChI is InChI=1S/C28H25F4N3O/c1-34(2)17-16-33-27(36)21-7-5-6-20(18-21)25-15-14-24(19-10-12-22(29)13-11-19)35(25)26-9-4-3-8-23(26)28(30,31)32/h3-15,18H,16-17H2,1-2H3,(H,33,36). The number of likely N-dealkylation sites (N-methyl/N-ethyl adjacent to an activating group) is 1. The van der Waals surface area contributed by atoms with Gasteiger partial charge >= 0.3 is 6.18 Å². The van der Waals surface area contributed by atoms with Crippen molar-refractivity contribution in [1.29, 1.82) is 0 Å². The van der Waals surface area contributed by atoms with Gasteiger partial charge < -0.3 is 14.8 Å². The predicted octanol–water partition coefficient (Wildman–Crippen LogP) is 6.26. The number of nitrogens with zero attached hydrogens (tertiary/aromatic N) is 2. The predicted molar refractivity (Wildman–Crippen MR) is 132 cm³/mol. The second-order valence-corrected chi connectivity index (χ2v) is 8.60. The zero-order valence-electron chi connectivity index (χ0n) is 19.8. The van der Waals surface area contributed by atoms with Gasteiger partial charge in [0.15, 0.2) is 0 Å². The van der Waals surface area contributed by atoms with Crippen LogP contribution in [0.4, 0.5) is 17.6 Å². The maximum atomic E-state index is 14.0. The number of hydrogen-bond acceptors (Lipinski definition) is 2. The molecule has 8 heteroatoms. The van der Waals surface area contributed by atoms with Crippen molar-refractivity contribution in [1.82, 2.24) is 14.8 Å². The Kier molecular flexibility index (Phi) is 7.26. The Balaban J connectivity index is 1.85. The molecule has 0 aliphatic heterocycles. The number of alkyl halides is 3. The molecule has 0 spiro atoms. The van der Waals surface area contributed by atoms with E-state index in [0.717, 1.165) is 6.07 Å². The Labute approximate surface area is 206 Å². The molecule has 0 saturated carbocycles. The van der Waals surface area contributed by atoms with Crippen LogP contribution in [0.3, 0.4) is 0 Å². The fourth-order valence-electron chi connectivity index (χ4n) is 3.99. The van der Waals surface area contributed by atoms with Crippen molar-refractivity contribution in [3.63, 3.8) is 0 Å². The van der Waals surface area contributed by atoms with Crippen LogP contribution in [0.5, 0.6) is 0 Å². The van der Waals surface area contributed by atoms with Gasteiger partial charge in [0.25, 0.3) is 5.91 Å². The number of aromatic nitrogens is 1. The fourth-order valence-corrected chi connectivity index (χ4v) is 3.99. The first kappa shape index (κ1) is 25.2. The summed E-state index contributed by atoms with van der Waals surface area (Å²) in [5, 5.41) is 2.85. The Bertz CT molecular complexity index is 1360. The molecule has 36 heavy (non-hydrogen) atoms. The SMILES string of the molecule is CN(C)CCNC(=O)c1cccc(-c2ccc(-c3ccc(F)cc3)n2-c2ccccc2C(F)(F)F)c1. The summed E-state index contributed by atoms with van der Waals surface area (Å²) in [7, 11) is 3.80. The summed E-state index contributed by atoms with van der Waals surface area (Å²) in [4.78, 5) is 14.6. The normalized spacial score (nSPS) is 11.6. The van der Waals surface area contributed by atoms with Crippen LogP contribution in [0.25, 0.3) is 28.2 Å². The summed E-state index contributed by atoms with van der Waals surface area (Å²) in [5.74, 6) is -0.716. The number of amides is 1. The van der Waals surface area contributed by atoms with Gasteiger partial charge in [-0.3, -0.25) is 4.79 Å². The van der Waals surface area contributed by atoms with Crippen molar-refractivity contribution in [3.05, 3.63) is 102 Å². The molecule has 0 aliphatic carbocycles. The zero-order chi connectivity index (χ0) is 25.9. The molecule has 3 aromatic carbocycles. The molecule has 0 radical (unpaired) electrons. The Morgan fingerprint density at radius 2 is 1.53 bits per heavy atom. The van der Waals surface area contributed by atoms with E-state index in [-0.39, 0.29) is 11.6 Å². The average molecular weight is 496 g/mol. The van der Waals surface area contributed by atoms with Crippen molar-refractivity contribution < 1.29 is 22.4 Å². The topological polar surface area (TPSA) is 37.3 Å². The summed E-state index contributed by atoms with van der Waals surface area (Å²) in [6.45, 7) is 1.13. The van der Waals surface area contributed by atoms with E-state index in [1.54, 1.807) is 36.4 Å². The van der Waals surface area contributed by atoms with Crippen LogP contribution in [0.2, 0.25) is 0 Å². The van der Waals surface area contributed by atoms with E-state index in [1.807, 2.05) is 19.0 Å². The van der Waals surface area contributed by atoms with E-state index < -0.39 is 17.6 Å². The molecule has 0 atom stereocenters. The van der Waals surface area contributed by atoms with Gasteiger partial charge in [0.2, 0.25) is 0 Å². The van der Waals surface area contributed by atoms with E-state index in [4.69, 9.17) is 0 Å². The van der Waals surface area contributed by atoms with Gasteiger partial charge in [-0.25, -0.2) is 4.39 Å². The van der Waals surface area contributed by atoms with Crippen molar-refractivity contribution in [2.75, 3.05) is 27.2 Å². The van der Waals surface area contributed by atoms with Gasteiger partial charge in [-0.2, -0.15) is 13.2 Å². The van der Waals surface area contributed by atoms with Crippen molar-refractivity contribution >= 4 is 5.91 Å². The average Bonchev–Trinajstić information content (AvgIpc) is 3.29. The van der Waals surface area contributed by atoms with Gasteiger partial charge in [0.1, 0.15) is 5.82 Å². The van der Waals surface area contributed by atoms with E-state index in [1.165, 1.54) is 47.0 Å². The van der Waals surface area contributed by atoms with Gasteiger partial charge in [0.05, 0.1) is 22.6 Å². The summed E-state index contributed by atoms with van der Waals surface area (Å²) >= 11 is 0. The highest BCUT2D eigenvalue weighted by Crippen LogP contribution is 2.39. The molecule has 186 valence electrons. The van der Waals surface area contributed by atoms with Gasteiger partial charge in [-0.05, 0) is 85.9 Å². The highest BCUT2D eigenvalue weighted by atomic mass is 19.4. The Morgan fingerprint density at radius 3 is 2.19 bits per heavy atom. The number of rotatable bonds is 7. The summed E-state index contributed by atoms with van der Waals surface area (Å²) in [6, 6.07) is 21.0. The van der Waals surface area contributed by atoms with Gasteiger partial charge in [-0.15, -0.1) is 0 Å². The molecule has 4 rings (SSSR count). The van der Waals surface area contributed by atoms with Crippen LogP contribution < -0.4 is 5.32 Å². The third-order valence-corrected chi connectivity index (χ3v) is 5.74. The molecular formula is C28H25F4N3O. The maximum Gasteiger partial charge on any atom is 0.418 e. The lowest BCUT2D eigenvalue weighted by molar-refractivity contribution is -0.137. The molecule has 1 N–H and O–H groups in total. The maximum absolute atomic E-state index is 14.0. The first-order valence-electron chi connectivity index (χ1n) is 11.3. The molecule has 0 aliphatic rings. The lowest BCUT2D eigenvalue weighted by atomic mass is 10.1. The number of nitrogens with one attached hydrogen (secondary N) is 1. The van der Waals surface area contributed by atoms with Crippen LogP contribution in [0.15, 0.2) is 84.9 Å². The van der Waals surface area contributed by atoms with E-state index >= 15 is 0 Å². The quantitative estimate of drug-likeness (QED) is 0.307. The van der Waals surface area contributed by atoms with Gasteiger partial charge in [0, 0.05) is 18.7 Å². The molecule has 0 bridgehead atoms. The molecule has 0 saturated heterocycles. The summed E-state index contributed by atoms with van der Waals surface area (Å²) in [6.07, 6.45) is -4.59. The van der Waals surface area contributed by atoms with Crippen LogP contribution in [-0.2, 0) is 6.18 Å². The highest BCUT2D eigenvalue weighted by molar-refractivity contribution is 5.95. The van der Waals surface area contributed by atoms with Crippen LogP contribution in [0.1, 0.15) is 15.9 Å². The molecule has 4 nitrogen and oxygen atoms in total. The second kappa shape index (κ2) is 10.4. The van der Waals surface area contributed by atoms with Crippen LogP contribution in [0, 0.1) is 5.82 Å². The summed E-state index contributed by atoms with van der Waals surface area (Å²) < 4.78 is 57.0. The highest BCUT2D eigenvalue weighted by Gasteiger charge is 2.34. The van der Waals surface area contributed by atoms with Crippen LogP contribution >= 0.6 is 0 Å². The number of benzene rings is 3. The lowest BCUT2D eigenvalue weighted by Gasteiger charge is -2.19. The Hall–Kier alpha value is -3.91. The molecule has 0 fully saturated rings. The minimum Gasteiger partial charge on any atom is -0.351 e. The minimum absolute atomic E-state index is 0.0647. The number of hydrogen-bond donors (Lipinski definition) is 1. The van der Waals surface area contributed by atoms with Crippen molar-refractivity contribution in [2.45, 2.75) is 6.18 Å². The lowest BCUT2D eigenvalue weighted by Crippen LogP contribution is -2.31. The molecule has 1 heterocycles.